The lowest BCUT2D eigenvalue weighted by atomic mass is 10.1. The minimum absolute atomic E-state index is 0.567. The molecule has 0 heterocycles. The molecule has 2 N–H and O–H groups in total. The Hall–Kier alpha value is -0.930. The maximum atomic E-state index is 5.47. The van der Waals surface area contributed by atoms with E-state index in [1.54, 1.807) is 0 Å². The zero-order chi connectivity index (χ0) is 11.1. The van der Waals surface area contributed by atoms with Gasteiger partial charge in [-0.3, -0.25) is 4.90 Å². The van der Waals surface area contributed by atoms with E-state index in [0.29, 0.717) is 11.5 Å². The Morgan fingerprint density at radius 3 is 2.60 bits per heavy atom. The predicted octanol–water partition coefficient (Wildman–Crippen LogP) is 1.84. The fourth-order valence-electron chi connectivity index (χ4n) is 1.54. The van der Waals surface area contributed by atoms with Crippen LogP contribution in [-0.2, 0) is 6.42 Å². The molecule has 1 aromatic carbocycles. The fraction of sp³-hybridized carbons (Fsp3) is 0.417. The highest BCUT2D eigenvalue weighted by Gasteiger charge is 1.99. The van der Waals surface area contributed by atoms with Gasteiger partial charge in [0, 0.05) is 6.54 Å². The van der Waals surface area contributed by atoms with Crippen LogP contribution in [0.5, 0.6) is 0 Å². The van der Waals surface area contributed by atoms with E-state index in [2.05, 4.69) is 29.2 Å². The van der Waals surface area contributed by atoms with Crippen molar-refractivity contribution < 1.29 is 0 Å². The van der Waals surface area contributed by atoms with Crippen molar-refractivity contribution in [3.8, 4) is 0 Å². The lowest BCUT2D eigenvalue weighted by molar-refractivity contribution is 0.374. The minimum atomic E-state index is 0.567. The maximum Gasteiger partial charge on any atom is 0.0869 e. The Balaban J connectivity index is 2.19. The third-order valence-corrected chi connectivity index (χ3v) is 2.40. The van der Waals surface area contributed by atoms with Crippen molar-refractivity contribution in [3.63, 3.8) is 0 Å². The topological polar surface area (TPSA) is 29.3 Å². The van der Waals surface area contributed by atoms with Gasteiger partial charge in [0.1, 0.15) is 0 Å². The van der Waals surface area contributed by atoms with Crippen LogP contribution in [0.4, 0.5) is 0 Å². The highest BCUT2D eigenvalue weighted by molar-refractivity contribution is 7.80. The molecule has 2 nitrogen and oxygen atoms in total. The van der Waals surface area contributed by atoms with Gasteiger partial charge in [0.2, 0.25) is 0 Å². The molecule has 0 spiro atoms. The van der Waals surface area contributed by atoms with Gasteiger partial charge in [-0.2, -0.15) is 0 Å². The van der Waals surface area contributed by atoms with Crippen LogP contribution in [0.1, 0.15) is 12.0 Å². The number of aryl methyl sites for hydroxylation is 1. The number of likely N-dealkylation sites (N-methyl/N-ethyl adjacent to an activating group) is 1. The number of rotatable bonds is 6. The van der Waals surface area contributed by atoms with Gasteiger partial charge in [0.15, 0.2) is 0 Å². The van der Waals surface area contributed by atoms with Gasteiger partial charge in [-0.1, -0.05) is 42.5 Å². The highest BCUT2D eigenvalue weighted by atomic mass is 32.1. The number of nitrogens with zero attached hydrogens (tertiary/aromatic N) is 1. The van der Waals surface area contributed by atoms with Crippen LogP contribution >= 0.6 is 12.2 Å². The second-order valence-electron chi connectivity index (χ2n) is 3.79. The van der Waals surface area contributed by atoms with Gasteiger partial charge in [0.05, 0.1) is 4.99 Å². The SMILES string of the molecule is CN(CCCc1ccccc1)CC(N)=S. The minimum Gasteiger partial charge on any atom is -0.392 e. The van der Waals surface area contributed by atoms with E-state index in [1.807, 2.05) is 13.1 Å². The van der Waals surface area contributed by atoms with Crippen LogP contribution in [-0.4, -0.2) is 30.0 Å². The van der Waals surface area contributed by atoms with E-state index < -0.39 is 0 Å². The Labute approximate surface area is 97.1 Å². The number of hydrogen-bond acceptors (Lipinski definition) is 2. The molecule has 1 aromatic rings. The number of hydrogen-bond donors (Lipinski definition) is 1. The van der Waals surface area contributed by atoms with E-state index in [9.17, 15) is 0 Å². The lowest BCUT2D eigenvalue weighted by Gasteiger charge is -2.15. The second-order valence-corrected chi connectivity index (χ2v) is 4.32. The lowest BCUT2D eigenvalue weighted by Crippen LogP contribution is -2.30. The molecule has 0 fully saturated rings. The van der Waals surface area contributed by atoms with Crippen LogP contribution < -0.4 is 5.73 Å². The number of thiocarbonyl (C=S) groups is 1. The quantitative estimate of drug-likeness (QED) is 0.745. The van der Waals surface area contributed by atoms with Gasteiger partial charge < -0.3 is 5.73 Å². The van der Waals surface area contributed by atoms with Gasteiger partial charge >= 0.3 is 0 Å². The summed E-state index contributed by atoms with van der Waals surface area (Å²) in [7, 11) is 2.05. The molecule has 0 saturated carbocycles. The van der Waals surface area contributed by atoms with Crippen molar-refractivity contribution >= 4 is 17.2 Å². The first-order valence-electron chi connectivity index (χ1n) is 5.19. The molecule has 15 heavy (non-hydrogen) atoms. The van der Waals surface area contributed by atoms with Crippen LogP contribution in [0.25, 0.3) is 0 Å². The largest absolute Gasteiger partial charge is 0.392 e. The molecule has 82 valence electrons. The molecule has 0 saturated heterocycles. The van der Waals surface area contributed by atoms with Crippen molar-refractivity contribution in [2.75, 3.05) is 20.1 Å². The summed E-state index contributed by atoms with van der Waals surface area (Å²) < 4.78 is 0. The molecule has 1 rings (SSSR count). The highest BCUT2D eigenvalue weighted by Crippen LogP contribution is 2.02. The summed E-state index contributed by atoms with van der Waals surface area (Å²) in [6, 6.07) is 10.5. The summed E-state index contributed by atoms with van der Waals surface area (Å²) in [6.07, 6.45) is 2.26. The molecule has 0 aliphatic heterocycles. The molecule has 0 amide bonds. The molecule has 0 aliphatic rings. The predicted molar refractivity (Wildman–Crippen MR) is 69.0 cm³/mol. The molecular formula is C12H18N2S. The number of nitrogens with two attached hydrogens (primary N) is 1. The van der Waals surface area contributed by atoms with E-state index >= 15 is 0 Å². The third kappa shape index (κ3) is 5.50. The molecular weight excluding hydrogens is 204 g/mol. The summed E-state index contributed by atoms with van der Waals surface area (Å²) in [6.45, 7) is 1.75. The molecule has 0 bridgehead atoms. The Kier molecular flexibility index (Phi) is 5.29. The first kappa shape index (κ1) is 12.1. The fourth-order valence-corrected chi connectivity index (χ4v) is 1.76. The summed E-state index contributed by atoms with van der Waals surface area (Å²) in [4.78, 5) is 2.72. The number of benzene rings is 1. The van der Waals surface area contributed by atoms with E-state index in [-0.39, 0.29) is 0 Å². The van der Waals surface area contributed by atoms with E-state index in [0.717, 1.165) is 19.4 Å². The van der Waals surface area contributed by atoms with Crippen molar-refractivity contribution in [2.24, 2.45) is 5.73 Å². The maximum absolute atomic E-state index is 5.47. The zero-order valence-corrected chi connectivity index (χ0v) is 9.96. The van der Waals surface area contributed by atoms with Crippen molar-refractivity contribution in [1.29, 1.82) is 0 Å². The molecule has 0 aliphatic carbocycles. The monoisotopic (exact) mass is 222 g/mol. The van der Waals surface area contributed by atoms with Crippen LogP contribution in [0.15, 0.2) is 30.3 Å². The second kappa shape index (κ2) is 6.53. The molecule has 0 atom stereocenters. The molecule has 3 heteroatoms. The summed E-state index contributed by atoms with van der Waals surface area (Å²) in [5.41, 5.74) is 6.86. The molecule has 0 unspecified atom stereocenters. The zero-order valence-electron chi connectivity index (χ0n) is 9.15. The van der Waals surface area contributed by atoms with Crippen molar-refractivity contribution in [1.82, 2.24) is 4.90 Å². The Bertz CT molecular complexity index is 298. The average molecular weight is 222 g/mol. The van der Waals surface area contributed by atoms with Gasteiger partial charge in [-0.05, 0) is 32.0 Å². The Morgan fingerprint density at radius 1 is 1.33 bits per heavy atom. The summed E-state index contributed by atoms with van der Waals surface area (Å²) >= 11 is 4.85. The smallest absolute Gasteiger partial charge is 0.0869 e. The van der Waals surface area contributed by atoms with Gasteiger partial charge in [-0.25, -0.2) is 0 Å². The first-order chi connectivity index (χ1) is 7.18. The third-order valence-electron chi connectivity index (χ3n) is 2.27. The van der Waals surface area contributed by atoms with E-state index in [1.165, 1.54) is 5.56 Å². The molecule has 0 aromatic heterocycles. The normalized spacial score (nSPS) is 10.5. The summed E-state index contributed by atoms with van der Waals surface area (Å²) in [5, 5.41) is 0. The Morgan fingerprint density at radius 2 is 2.00 bits per heavy atom. The molecule has 0 radical (unpaired) electrons. The van der Waals surface area contributed by atoms with Crippen LogP contribution in [0.3, 0.4) is 0 Å². The van der Waals surface area contributed by atoms with Gasteiger partial charge in [-0.15, -0.1) is 0 Å². The van der Waals surface area contributed by atoms with Crippen molar-refractivity contribution in [3.05, 3.63) is 35.9 Å². The average Bonchev–Trinajstić information content (AvgIpc) is 2.18. The summed E-state index contributed by atoms with van der Waals surface area (Å²) in [5.74, 6) is 0. The van der Waals surface area contributed by atoms with Crippen LogP contribution in [0.2, 0.25) is 0 Å². The van der Waals surface area contributed by atoms with Gasteiger partial charge in [0.25, 0.3) is 0 Å². The van der Waals surface area contributed by atoms with Crippen molar-refractivity contribution in [2.45, 2.75) is 12.8 Å². The van der Waals surface area contributed by atoms with Crippen LogP contribution in [0, 0.1) is 0 Å². The first-order valence-corrected chi connectivity index (χ1v) is 5.60. The standard InChI is InChI=1S/C12H18N2S/c1-14(10-12(13)15)9-5-8-11-6-3-2-4-7-11/h2-4,6-7H,5,8-10H2,1H3,(H2,13,15). The van der Waals surface area contributed by atoms with E-state index in [4.69, 9.17) is 18.0 Å².